The van der Waals surface area contributed by atoms with E-state index in [0.717, 1.165) is 37.2 Å². The first-order chi connectivity index (χ1) is 10.5. The first-order valence-corrected chi connectivity index (χ1v) is 9.64. The minimum absolute atomic E-state index is 0.281. The lowest BCUT2D eigenvalue weighted by Gasteiger charge is -2.60. The van der Waals surface area contributed by atoms with Crippen molar-refractivity contribution in [3.8, 4) is 0 Å². The molecule has 7 atom stereocenters. The highest BCUT2D eigenvalue weighted by Crippen LogP contribution is 2.71. The van der Waals surface area contributed by atoms with Crippen LogP contribution in [0.2, 0.25) is 0 Å². The molecule has 6 unspecified atom stereocenters. The molecule has 1 spiro atoms. The van der Waals surface area contributed by atoms with E-state index in [1.54, 1.807) is 0 Å². The maximum absolute atomic E-state index is 11.9. The minimum Gasteiger partial charge on any atom is -0.369 e. The van der Waals surface area contributed by atoms with Crippen LogP contribution in [0.1, 0.15) is 71.6 Å². The van der Waals surface area contributed by atoms with Crippen molar-refractivity contribution in [2.24, 2.45) is 34.5 Å². The molecular weight excluding hydrogens is 272 g/mol. The van der Waals surface area contributed by atoms with Gasteiger partial charge in [-0.15, -0.1) is 0 Å². The molecule has 1 saturated heterocycles. The largest absolute Gasteiger partial charge is 0.369 e. The molecule has 0 bridgehead atoms. The third-order valence-electron chi connectivity index (χ3n) is 9.26. The topological polar surface area (TPSA) is 29.6 Å². The predicted molar refractivity (Wildman–Crippen MR) is 85.4 cm³/mol. The molecule has 5 rings (SSSR count). The predicted octanol–water partition coefficient (Wildman–Crippen LogP) is 4.37. The number of rotatable bonds is 0. The Morgan fingerprint density at radius 2 is 1.77 bits per heavy atom. The standard InChI is InChI=1S/C20H30O2/c1-18-8-5-14(21)11-13(18)3-4-15-16(18)6-9-19(2)17(15)7-10-20(19)12-22-20/h13,15-17H,3-12H2,1-2H3/t13?,15?,16?,17?,18?,19?,20-/m1/s1. The van der Waals surface area contributed by atoms with Crippen LogP contribution in [0.5, 0.6) is 0 Å². The van der Waals surface area contributed by atoms with Crippen LogP contribution >= 0.6 is 0 Å². The van der Waals surface area contributed by atoms with Gasteiger partial charge in [0.15, 0.2) is 0 Å². The number of ketones is 1. The van der Waals surface area contributed by atoms with Gasteiger partial charge in [0, 0.05) is 18.3 Å². The van der Waals surface area contributed by atoms with Gasteiger partial charge in [-0.1, -0.05) is 13.8 Å². The highest BCUT2D eigenvalue weighted by molar-refractivity contribution is 5.79. The molecule has 122 valence electrons. The van der Waals surface area contributed by atoms with Crippen molar-refractivity contribution in [1.82, 2.24) is 0 Å². The van der Waals surface area contributed by atoms with Gasteiger partial charge in [0.2, 0.25) is 0 Å². The molecule has 1 aliphatic heterocycles. The lowest BCUT2D eigenvalue weighted by atomic mass is 9.45. The van der Waals surface area contributed by atoms with Crippen LogP contribution in [0, 0.1) is 34.5 Å². The number of Topliss-reactive ketones (excluding diaryl/α,β-unsaturated/α-hetero) is 1. The summed E-state index contributed by atoms with van der Waals surface area (Å²) in [5.41, 5.74) is 1.20. The van der Waals surface area contributed by atoms with E-state index < -0.39 is 0 Å². The van der Waals surface area contributed by atoms with Crippen molar-refractivity contribution in [1.29, 1.82) is 0 Å². The summed E-state index contributed by atoms with van der Waals surface area (Å²) in [5, 5.41) is 0. The van der Waals surface area contributed by atoms with Gasteiger partial charge >= 0.3 is 0 Å². The maximum atomic E-state index is 11.9. The molecular formula is C20H30O2. The van der Waals surface area contributed by atoms with Gasteiger partial charge in [0.25, 0.3) is 0 Å². The van der Waals surface area contributed by atoms with Gasteiger partial charge in [-0.25, -0.2) is 0 Å². The third kappa shape index (κ3) is 1.53. The quantitative estimate of drug-likeness (QED) is 0.622. The molecule has 5 aliphatic rings. The van der Waals surface area contributed by atoms with Crippen LogP contribution in [0.3, 0.4) is 0 Å². The SMILES string of the molecule is CC12CCC(=O)CC1CCC1C2CCC2(C)C1CC[C@@]21CO1. The molecule has 0 N–H and O–H groups in total. The second-order valence-electron chi connectivity index (χ2n) is 9.68. The highest BCUT2D eigenvalue weighted by Gasteiger charge is 2.69. The Kier molecular flexibility index (Phi) is 2.66. The summed E-state index contributed by atoms with van der Waals surface area (Å²) in [6.45, 7) is 6.13. The molecule has 22 heavy (non-hydrogen) atoms. The van der Waals surface area contributed by atoms with Crippen molar-refractivity contribution in [2.45, 2.75) is 77.2 Å². The smallest absolute Gasteiger partial charge is 0.133 e. The lowest BCUT2D eigenvalue weighted by molar-refractivity contribution is -0.140. The molecule has 4 saturated carbocycles. The molecule has 0 aromatic heterocycles. The average molecular weight is 302 g/mol. The summed E-state index contributed by atoms with van der Waals surface area (Å²) in [5.74, 6) is 3.91. The molecule has 0 radical (unpaired) electrons. The molecule has 2 heteroatoms. The number of epoxide rings is 1. The zero-order chi connectivity index (χ0) is 15.2. The monoisotopic (exact) mass is 302 g/mol. The Balaban J connectivity index is 1.47. The number of carbonyl (C=O) groups is 1. The number of ether oxygens (including phenoxy) is 1. The first kappa shape index (κ1) is 14.0. The van der Waals surface area contributed by atoms with Crippen LogP contribution in [0.4, 0.5) is 0 Å². The Morgan fingerprint density at radius 1 is 1.00 bits per heavy atom. The number of carbonyl (C=O) groups excluding carboxylic acids is 1. The average Bonchev–Trinajstić information content (AvgIpc) is 3.22. The maximum Gasteiger partial charge on any atom is 0.133 e. The van der Waals surface area contributed by atoms with Gasteiger partial charge < -0.3 is 4.74 Å². The first-order valence-electron chi connectivity index (χ1n) is 9.64. The van der Waals surface area contributed by atoms with Crippen molar-refractivity contribution >= 4 is 5.78 Å². The number of hydrogen-bond donors (Lipinski definition) is 0. The Labute approximate surface area is 134 Å². The van der Waals surface area contributed by atoms with E-state index in [1.165, 1.54) is 44.9 Å². The lowest BCUT2D eigenvalue weighted by Crippen LogP contribution is -2.54. The van der Waals surface area contributed by atoms with Crippen LogP contribution in [0.25, 0.3) is 0 Å². The summed E-state index contributed by atoms with van der Waals surface area (Å²) >= 11 is 0. The summed E-state index contributed by atoms with van der Waals surface area (Å²) in [7, 11) is 0. The highest BCUT2D eigenvalue weighted by atomic mass is 16.6. The second kappa shape index (κ2) is 4.18. The van der Waals surface area contributed by atoms with E-state index in [0.29, 0.717) is 22.5 Å². The van der Waals surface area contributed by atoms with E-state index in [2.05, 4.69) is 13.8 Å². The molecule has 0 amide bonds. The summed E-state index contributed by atoms with van der Waals surface area (Å²) < 4.78 is 6.01. The van der Waals surface area contributed by atoms with Gasteiger partial charge in [0.05, 0.1) is 12.2 Å². The summed E-state index contributed by atoms with van der Waals surface area (Å²) in [6, 6.07) is 0. The minimum atomic E-state index is 0.281. The molecule has 4 aliphatic carbocycles. The molecule has 5 fully saturated rings. The van der Waals surface area contributed by atoms with Gasteiger partial charge in [-0.3, -0.25) is 4.79 Å². The van der Waals surface area contributed by atoms with Crippen molar-refractivity contribution in [3.63, 3.8) is 0 Å². The van der Waals surface area contributed by atoms with E-state index in [9.17, 15) is 4.79 Å². The van der Waals surface area contributed by atoms with Gasteiger partial charge in [0.1, 0.15) is 5.78 Å². The molecule has 2 nitrogen and oxygen atoms in total. The van der Waals surface area contributed by atoms with Gasteiger partial charge in [-0.05, 0) is 74.0 Å². The van der Waals surface area contributed by atoms with Crippen LogP contribution in [-0.2, 0) is 9.53 Å². The molecule has 1 heterocycles. The zero-order valence-electron chi connectivity index (χ0n) is 14.2. The van der Waals surface area contributed by atoms with Gasteiger partial charge in [-0.2, -0.15) is 0 Å². The van der Waals surface area contributed by atoms with Crippen LogP contribution < -0.4 is 0 Å². The Hall–Kier alpha value is -0.370. The summed E-state index contributed by atoms with van der Waals surface area (Å²) in [4.78, 5) is 11.9. The summed E-state index contributed by atoms with van der Waals surface area (Å²) in [6.07, 6.45) is 11.1. The van der Waals surface area contributed by atoms with E-state index >= 15 is 0 Å². The number of hydrogen-bond acceptors (Lipinski definition) is 2. The Bertz CT molecular complexity index is 522. The van der Waals surface area contributed by atoms with Crippen LogP contribution in [-0.4, -0.2) is 18.0 Å². The van der Waals surface area contributed by atoms with E-state index in [-0.39, 0.29) is 5.60 Å². The fourth-order valence-corrected chi connectivity index (χ4v) is 7.70. The zero-order valence-corrected chi connectivity index (χ0v) is 14.2. The second-order valence-corrected chi connectivity index (χ2v) is 9.68. The van der Waals surface area contributed by atoms with Crippen LogP contribution in [0.15, 0.2) is 0 Å². The third-order valence-corrected chi connectivity index (χ3v) is 9.26. The van der Waals surface area contributed by atoms with Crippen molar-refractivity contribution in [3.05, 3.63) is 0 Å². The van der Waals surface area contributed by atoms with Crippen molar-refractivity contribution < 1.29 is 9.53 Å². The Morgan fingerprint density at radius 3 is 2.55 bits per heavy atom. The molecule has 0 aromatic carbocycles. The molecule has 0 aromatic rings. The van der Waals surface area contributed by atoms with E-state index in [4.69, 9.17) is 4.74 Å². The fourth-order valence-electron chi connectivity index (χ4n) is 7.70. The normalized spacial score (nSPS) is 59.8. The number of fused-ring (bicyclic) bond motifs is 6. The van der Waals surface area contributed by atoms with E-state index in [1.807, 2.05) is 0 Å². The van der Waals surface area contributed by atoms with Crippen molar-refractivity contribution in [2.75, 3.05) is 6.61 Å². The fraction of sp³-hybridized carbons (Fsp3) is 0.950.